The van der Waals surface area contributed by atoms with Gasteiger partial charge < -0.3 is 15.0 Å². The van der Waals surface area contributed by atoms with Gasteiger partial charge >= 0.3 is 6.18 Å². The van der Waals surface area contributed by atoms with Gasteiger partial charge in [0.15, 0.2) is 9.84 Å². The SMILES string of the molecule is CCS(=O)(=O)c1ccc([C@H](CC#N)NC(=O)c2ccc3c(c2)OCCN3C(=O)c2ccc(C(F)(F)F)cc2)cc1. The molecule has 1 atom stereocenters. The van der Waals surface area contributed by atoms with Gasteiger partial charge in [-0.25, -0.2) is 8.42 Å². The molecule has 0 aromatic heterocycles. The Morgan fingerprint density at radius 2 is 1.70 bits per heavy atom. The molecule has 2 amide bonds. The molecule has 1 aliphatic heterocycles. The van der Waals surface area contributed by atoms with Gasteiger partial charge in [-0.15, -0.1) is 0 Å². The summed E-state index contributed by atoms with van der Waals surface area (Å²) in [5.41, 5.74) is 0.302. The highest BCUT2D eigenvalue weighted by molar-refractivity contribution is 7.91. The number of carbonyl (C=O) groups excluding carboxylic acids is 2. The van der Waals surface area contributed by atoms with E-state index in [-0.39, 0.29) is 47.1 Å². The minimum atomic E-state index is -4.52. The van der Waals surface area contributed by atoms with Crippen molar-refractivity contribution >= 4 is 27.3 Å². The fourth-order valence-corrected chi connectivity index (χ4v) is 5.07. The van der Waals surface area contributed by atoms with Crippen LogP contribution in [0.15, 0.2) is 71.6 Å². The maximum atomic E-state index is 13.1. The molecule has 3 aromatic rings. The number of ether oxygens (including phenoxy) is 1. The number of halogens is 3. The van der Waals surface area contributed by atoms with Crippen LogP contribution in [-0.2, 0) is 16.0 Å². The Kier molecular flexibility index (Phi) is 8.16. The van der Waals surface area contributed by atoms with Crippen LogP contribution in [0.3, 0.4) is 0 Å². The molecule has 1 heterocycles. The summed E-state index contributed by atoms with van der Waals surface area (Å²) < 4.78 is 68.5. The molecule has 0 saturated carbocycles. The van der Waals surface area contributed by atoms with Gasteiger partial charge in [-0.1, -0.05) is 19.1 Å². The van der Waals surface area contributed by atoms with Gasteiger partial charge in [0.05, 0.1) is 47.0 Å². The van der Waals surface area contributed by atoms with Crippen molar-refractivity contribution in [1.82, 2.24) is 5.32 Å². The Morgan fingerprint density at radius 1 is 1.05 bits per heavy atom. The lowest BCUT2D eigenvalue weighted by molar-refractivity contribution is -0.137. The molecule has 8 nitrogen and oxygen atoms in total. The van der Waals surface area contributed by atoms with E-state index in [2.05, 4.69) is 5.32 Å². The summed E-state index contributed by atoms with van der Waals surface area (Å²) in [6.45, 7) is 1.80. The highest BCUT2D eigenvalue weighted by Gasteiger charge is 2.31. The number of sulfone groups is 1. The summed E-state index contributed by atoms with van der Waals surface area (Å²) in [5.74, 6) is -0.857. The van der Waals surface area contributed by atoms with Gasteiger partial charge in [0.2, 0.25) is 0 Å². The molecule has 0 saturated heterocycles. The lowest BCUT2D eigenvalue weighted by Gasteiger charge is -2.30. The predicted molar refractivity (Wildman–Crippen MR) is 140 cm³/mol. The molecule has 0 radical (unpaired) electrons. The van der Waals surface area contributed by atoms with Crippen molar-refractivity contribution in [2.45, 2.75) is 30.5 Å². The van der Waals surface area contributed by atoms with E-state index in [4.69, 9.17) is 4.74 Å². The maximum absolute atomic E-state index is 13.1. The largest absolute Gasteiger partial charge is 0.490 e. The second-order valence-corrected chi connectivity index (χ2v) is 11.2. The predicted octanol–water partition coefficient (Wildman–Crippen LogP) is 4.92. The number of alkyl halides is 3. The Bertz CT molecular complexity index is 1560. The van der Waals surface area contributed by atoms with Crippen molar-refractivity contribution in [3.8, 4) is 11.8 Å². The number of nitrogens with zero attached hydrogens (tertiary/aromatic N) is 2. The van der Waals surface area contributed by atoms with E-state index >= 15 is 0 Å². The summed E-state index contributed by atoms with van der Waals surface area (Å²) >= 11 is 0. The zero-order valence-corrected chi connectivity index (χ0v) is 22.1. The van der Waals surface area contributed by atoms with Gasteiger partial charge in [0.25, 0.3) is 11.8 Å². The Labute approximate surface area is 228 Å². The molecule has 0 aliphatic carbocycles. The van der Waals surface area contributed by atoms with Gasteiger partial charge in [-0.3, -0.25) is 9.59 Å². The van der Waals surface area contributed by atoms with Gasteiger partial charge in [-0.05, 0) is 60.2 Å². The van der Waals surface area contributed by atoms with Crippen molar-refractivity contribution in [3.05, 3.63) is 89.0 Å². The number of nitrogens with one attached hydrogen (secondary N) is 1. The van der Waals surface area contributed by atoms with Gasteiger partial charge in [0, 0.05) is 11.1 Å². The third kappa shape index (κ3) is 6.10. The molecular weight excluding hydrogens is 547 g/mol. The Hall–Kier alpha value is -4.37. The van der Waals surface area contributed by atoms with E-state index in [9.17, 15) is 36.4 Å². The lowest BCUT2D eigenvalue weighted by atomic mass is 10.0. The third-order valence-electron chi connectivity index (χ3n) is 6.41. The van der Waals surface area contributed by atoms with E-state index in [1.807, 2.05) is 6.07 Å². The van der Waals surface area contributed by atoms with Crippen LogP contribution in [0.4, 0.5) is 18.9 Å². The number of hydrogen-bond acceptors (Lipinski definition) is 6. The van der Waals surface area contributed by atoms with Crippen molar-refractivity contribution in [1.29, 1.82) is 5.26 Å². The van der Waals surface area contributed by atoms with E-state index in [0.29, 0.717) is 11.3 Å². The van der Waals surface area contributed by atoms with Crippen LogP contribution in [0.2, 0.25) is 0 Å². The average molecular weight is 572 g/mol. The summed E-state index contributed by atoms with van der Waals surface area (Å²) in [7, 11) is -3.40. The van der Waals surface area contributed by atoms with E-state index < -0.39 is 39.4 Å². The second kappa shape index (κ2) is 11.4. The number of rotatable bonds is 7. The summed E-state index contributed by atoms with van der Waals surface area (Å²) in [6, 6.07) is 15.6. The van der Waals surface area contributed by atoms with Crippen LogP contribution in [0, 0.1) is 11.3 Å². The van der Waals surface area contributed by atoms with Crippen LogP contribution in [0.1, 0.15) is 51.2 Å². The van der Waals surface area contributed by atoms with Crippen molar-refractivity contribution in [3.63, 3.8) is 0 Å². The van der Waals surface area contributed by atoms with Crippen molar-refractivity contribution in [2.24, 2.45) is 0 Å². The molecule has 0 spiro atoms. The molecular formula is C28H24F3N3O5S. The first-order chi connectivity index (χ1) is 18.9. The van der Waals surface area contributed by atoms with E-state index in [1.54, 1.807) is 12.1 Å². The van der Waals surface area contributed by atoms with E-state index in [1.165, 1.54) is 42.2 Å². The van der Waals surface area contributed by atoms with Gasteiger partial charge in [0.1, 0.15) is 12.4 Å². The molecule has 4 rings (SSSR count). The molecule has 1 N–H and O–H groups in total. The molecule has 0 bridgehead atoms. The quantitative estimate of drug-likeness (QED) is 0.430. The number of fused-ring (bicyclic) bond motifs is 1. The number of amides is 2. The zero-order chi connectivity index (χ0) is 29.1. The standard InChI is InChI=1S/C28H24F3N3O5S/c1-2-40(37,38)22-10-5-18(6-11-22)23(13-14-32)33-26(35)20-7-12-24-25(17-20)39-16-15-34(24)27(36)19-3-8-21(9-4-19)28(29,30)31/h3-12,17,23H,2,13,15-16H2,1H3,(H,33,35)/t23-/m0/s1. The normalized spacial score (nSPS) is 13.9. The zero-order valence-electron chi connectivity index (χ0n) is 21.2. The molecule has 3 aromatic carbocycles. The fourth-order valence-electron chi connectivity index (χ4n) is 4.19. The smallest absolute Gasteiger partial charge is 0.416 e. The van der Waals surface area contributed by atoms with Crippen LogP contribution in [-0.4, -0.2) is 39.1 Å². The van der Waals surface area contributed by atoms with E-state index in [0.717, 1.165) is 24.3 Å². The van der Waals surface area contributed by atoms with Crippen LogP contribution in [0.5, 0.6) is 5.75 Å². The first kappa shape index (κ1) is 28.6. The number of carbonyl (C=O) groups is 2. The molecule has 208 valence electrons. The molecule has 0 fully saturated rings. The Morgan fingerprint density at radius 3 is 2.30 bits per heavy atom. The first-order valence-electron chi connectivity index (χ1n) is 12.2. The molecule has 1 aliphatic rings. The topological polar surface area (TPSA) is 117 Å². The number of benzene rings is 3. The average Bonchev–Trinajstić information content (AvgIpc) is 2.95. The monoisotopic (exact) mass is 571 g/mol. The Balaban J connectivity index is 1.53. The highest BCUT2D eigenvalue weighted by Crippen LogP contribution is 2.34. The third-order valence-corrected chi connectivity index (χ3v) is 8.16. The highest BCUT2D eigenvalue weighted by atomic mass is 32.2. The number of hydrogen-bond donors (Lipinski definition) is 1. The lowest BCUT2D eigenvalue weighted by Crippen LogP contribution is -2.38. The minimum absolute atomic E-state index is 0.0571. The molecule has 40 heavy (non-hydrogen) atoms. The minimum Gasteiger partial charge on any atom is -0.490 e. The molecule has 0 unspecified atom stereocenters. The number of anilines is 1. The van der Waals surface area contributed by atoms with Gasteiger partial charge in [-0.2, -0.15) is 18.4 Å². The number of nitriles is 1. The maximum Gasteiger partial charge on any atom is 0.416 e. The van der Waals surface area contributed by atoms with Crippen molar-refractivity contribution in [2.75, 3.05) is 23.8 Å². The second-order valence-electron chi connectivity index (χ2n) is 8.92. The summed E-state index contributed by atoms with van der Waals surface area (Å²) in [6.07, 6.45) is -4.59. The van der Waals surface area contributed by atoms with Crippen molar-refractivity contribution < 1.29 is 35.9 Å². The first-order valence-corrected chi connectivity index (χ1v) is 13.9. The molecule has 12 heteroatoms. The fraction of sp³-hybridized carbons (Fsp3) is 0.250. The van der Waals surface area contributed by atoms with Crippen LogP contribution >= 0.6 is 0 Å². The van der Waals surface area contributed by atoms with Crippen LogP contribution < -0.4 is 15.0 Å². The summed E-state index contributed by atoms with van der Waals surface area (Å²) in [5, 5.41) is 12.0. The van der Waals surface area contributed by atoms with Crippen LogP contribution in [0.25, 0.3) is 0 Å². The summed E-state index contributed by atoms with van der Waals surface area (Å²) in [4.78, 5) is 27.6.